The van der Waals surface area contributed by atoms with Crippen LogP contribution in [0.1, 0.15) is 11.1 Å². The van der Waals surface area contributed by atoms with Gasteiger partial charge in [-0.15, -0.1) is 0 Å². The molecular formula is C15H10BrFN2. The van der Waals surface area contributed by atoms with Crippen LogP contribution in [0.5, 0.6) is 0 Å². The largest absolute Gasteiger partial charge is 0.397 e. The molecule has 0 amide bonds. The lowest BCUT2D eigenvalue weighted by atomic mass is 10.0. The van der Waals surface area contributed by atoms with E-state index in [0.29, 0.717) is 21.2 Å². The molecule has 0 aliphatic rings. The molecule has 2 rings (SSSR count). The van der Waals surface area contributed by atoms with E-state index in [2.05, 4.69) is 22.0 Å². The van der Waals surface area contributed by atoms with Crippen molar-refractivity contribution in [3.63, 3.8) is 0 Å². The lowest BCUT2D eigenvalue weighted by molar-refractivity contribution is 0.627. The average molecular weight is 317 g/mol. The molecule has 19 heavy (non-hydrogen) atoms. The molecule has 0 aliphatic heterocycles. The van der Waals surface area contributed by atoms with Crippen molar-refractivity contribution in [1.82, 2.24) is 0 Å². The van der Waals surface area contributed by atoms with Gasteiger partial charge < -0.3 is 5.73 Å². The van der Waals surface area contributed by atoms with Crippen LogP contribution in [0.25, 0.3) is 11.3 Å². The summed E-state index contributed by atoms with van der Waals surface area (Å²) in [6, 6.07) is 15.4. The summed E-state index contributed by atoms with van der Waals surface area (Å²) in [7, 11) is 0. The van der Waals surface area contributed by atoms with Crippen LogP contribution < -0.4 is 5.73 Å². The SMILES string of the molecule is N#C/C(=C(/N)c1cc(F)ccc1Br)c1ccccc1. The molecule has 0 bridgehead atoms. The minimum atomic E-state index is -0.397. The van der Waals surface area contributed by atoms with Gasteiger partial charge in [0, 0.05) is 10.0 Å². The van der Waals surface area contributed by atoms with E-state index in [9.17, 15) is 9.65 Å². The van der Waals surface area contributed by atoms with Gasteiger partial charge in [0.15, 0.2) is 0 Å². The van der Waals surface area contributed by atoms with Crippen LogP contribution in [-0.2, 0) is 0 Å². The molecule has 0 atom stereocenters. The van der Waals surface area contributed by atoms with Crippen molar-refractivity contribution >= 4 is 27.2 Å². The first-order valence-corrected chi connectivity index (χ1v) is 6.33. The number of halogens is 2. The molecule has 0 radical (unpaired) electrons. The topological polar surface area (TPSA) is 49.8 Å². The van der Waals surface area contributed by atoms with E-state index in [4.69, 9.17) is 5.73 Å². The second-order valence-electron chi connectivity index (χ2n) is 3.89. The molecule has 0 heterocycles. The summed E-state index contributed by atoms with van der Waals surface area (Å²) >= 11 is 3.31. The summed E-state index contributed by atoms with van der Waals surface area (Å²) in [6.07, 6.45) is 0. The number of nitriles is 1. The molecule has 0 fully saturated rings. The molecule has 2 N–H and O–H groups in total. The van der Waals surface area contributed by atoms with Crippen LogP contribution in [0, 0.1) is 17.1 Å². The van der Waals surface area contributed by atoms with E-state index in [-0.39, 0.29) is 5.70 Å². The zero-order valence-corrected chi connectivity index (χ0v) is 11.5. The van der Waals surface area contributed by atoms with Gasteiger partial charge in [-0.3, -0.25) is 0 Å². The van der Waals surface area contributed by atoms with Crippen LogP contribution in [0.2, 0.25) is 0 Å². The van der Waals surface area contributed by atoms with Gasteiger partial charge in [-0.2, -0.15) is 5.26 Å². The summed E-state index contributed by atoms with van der Waals surface area (Å²) in [5.74, 6) is -0.397. The van der Waals surface area contributed by atoms with E-state index in [0.717, 1.165) is 0 Å². The van der Waals surface area contributed by atoms with Crippen LogP contribution in [0.15, 0.2) is 53.0 Å². The maximum absolute atomic E-state index is 13.3. The van der Waals surface area contributed by atoms with Gasteiger partial charge in [0.25, 0.3) is 0 Å². The van der Waals surface area contributed by atoms with Crippen LogP contribution in [-0.4, -0.2) is 0 Å². The molecule has 0 saturated heterocycles. The second-order valence-corrected chi connectivity index (χ2v) is 4.75. The highest BCUT2D eigenvalue weighted by molar-refractivity contribution is 9.10. The molecule has 0 unspecified atom stereocenters. The summed E-state index contributed by atoms with van der Waals surface area (Å²) in [4.78, 5) is 0. The third-order valence-corrected chi connectivity index (χ3v) is 3.35. The number of nitrogens with two attached hydrogens (primary N) is 1. The Balaban J connectivity index is 2.62. The molecule has 4 heteroatoms. The fourth-order valence-electron chi connectivity index (χ4n) is 1.72. The van der Waals surface area contributed by atoms with Gasteiger partial charge in [0.2, 0.25) is 0 Å². The standard InChI is InChI=1S/C15H10BrFN2/c16-14-7-6-11(17)8-12(14)15(19)13(9-18)10-4-2-1-3-5-10/h1-8H,19H2/b15-13-. The molecule has 2 aromatic rings. The zero-order chi connectivity index (χ0) is 13.8. The lowest BCUT2D eigenvalue weighted by Crippen LogP contribution is -2.02. The first kappa shape index (κ1) is 13.3. The first-order chi connectivity index (χ1) is 9.13. The molecule has 2 nitrogen and oxygen atoms in total. The van der Waals surface area contributed by atoms with Crippen molar-refractivity contribution in [3.8, 4) is 6.07 Å². The van der Waals surface area contributed by atoms with E-state index in [1.165, 1.54) is 12.1 Å². The fourth-order valence-corrected chi connectivity index (χ4v) is 2.18. The Morgan fingerprint density at radius 3 is 2.47 bits per heavy atom. The number of hydrogen-bond acceptors (Lipinski definition) is 2. The van der Waals surface area contributed by atoms with E-state index in [1.807, 2.05) is 18.2 Å². The second kappa shape index (κ2) is 5.68. The molecule has 2 aromatic carbocycles. The van der Waals surface area contributed by atoms with Crippen LogP contribution >= 0.6 is 15.9 Å². The Morgan fingerprint density at radius 1 is 1.16 bits per heavy atom. The Hall–Kier alpha value is -2.12. The number of allylic oxidation sites excluding steroid dienone is 1. The normalized spacial score (nSPS) is 11.6. The van der Waals surface area contributed by atoms with Crippen molar-refractivity contribution in [2.24, 2.45) is 5.73 Å². The predicted octanol–water partition coefficient (Wildman–Crippen LogP) is 3.94. The van der Waals surface area contributed by atoms with E-state index >= 15 is 0 Å². The number of benzene rings is 2. The minimum absolute atomic E-state index is 0.250. The van der Waals surface area contributed by atoms with Crippen molar-refractivity contribution in [2.75, 3.05) is 0 Å². The summed E-state index contributed by atoms with van der Waals surface area (Å²) in [5, 5.41) is 9.27. The Bertz CT molecular complexity index is 672. The summed E-state index contributed by atoms with van der Waals surface area (Å²) < 4.78 is 13.9. The predicted molar refractivity (Wildman–Crippen MR) is 77.2 cm³/mol. The number of nitrogens with zero attached hydrogens (tertiary/aromatic N) is 1. The minimum Gasteiger partial charge on any atom is -0.397 e. The highest BCUT2D eigenvalue weighted by atomic mass is 79.9. The zero-order valence-electron chi connectivity index (χ0n) is 9.90. The Labute approximate surface area is 119 Å². The maximum Gasteiger partial charge on any atom is 0.123 e. The van der Waals surface area contributed by atoms with Gasteiger partial charge in [-0.1, -0.05) is 46.3 Å². The van der Waals surface area contributed by atoms with Gasteiger partial charge in [-0.25, -0.2) is 4.39 Å². The van der Waals surface area contributed by atoms with Crippen molar-refractivity contribution in [3.05, 3.63) is 69.9 Å². The summed E-state index contributed by atoms with van der Waals surface area (Å²) in [5.41, 5.74) is 7.77. The van der Waals surface area contributed by atoms with Crippen molar-refractivity contribution in [2.45, 2.75) is 0 Å². The number of rotatable bonds is 2. The van der Waals surface area contributed by atoms with E-state index < -0.39 is 5.82 Å². The molecule has 0 saturated carbocycles. The highest BCUT2D eigenvalue weighted by Gasteiger charge is 2.11. The summed E-state index contributed by atoms with van der Waals surface area (Å²) in [6.45, 7) is 0. The van der Waals surface area contributed by atoms with Crippen LogP contribution in [0.3, 0.4) is 0 Å². The average Bonchev–Trinajstić information content (AvgIpc) is 2.43. The number of hydrogen-bond donors (Lipinski definition) is 1. The lowest BCUT2D eigenvalue weighted by Gasteiger charge is -2.08. The van der Waals surface area contributed by atoms with E-state index in [1.54, 1.807) is 18.2 Å². The van der Waals surface area contributed by atoms with Crippen molar-refractivity contribution in [1.29, 1.82) is 5.26 Å². The smallest absolute Gasteiger partial charge is 0.123 e. The molecule has 94 valence electrons. The van der Waals surface area contributed by atoms with Gasteiger partial charge in [0.05, 0.1) is 11.3 Å². The Morgan fingerprint density at radius 2 is 1.84 bits per heavy atom. The third kappa shape index (κ3) is 2.83. The highest BCUT2D eigenvalue weighted by Crippen LogP contribution is 2.28. The Kier molecular flexibility index (Phi) is 3.98. The van der Waals surface area contributed by atoms with Gasteiger partial charge >= 0.3 is 0 Å². The van der Waals surface area contributed by atoms with Crippen molar-refractivity contribution < 1.29 is 4.39 Å². The molecule has 0 aliphatic carbocycles. The first-order valence-electron chi connectivity index (χ1n) is 5.54. The molecular weight excluding hydrogens is 307 g/mol. The van der Waals surface area contributed by atoms with Gasteiger partial charge in [0.1, 0.15) is 11.9 Å². The van der Waals surface area contributed by atoms with Crippen LogP contribution in [0.4, 0.5) is 4.39 Å². The maximum atomic E-state index is 13.3. The monoisotopic (exact) mass is 316 g/mol. The fraction of sp³-hybridized carbons (Fsp3) is 0. The van der Waals surface area contributed by atoms with Gasteiger partial charge in [-0.05, 0) is 23.8 Å². The molecule has 0 spiro atoms. The quantitative estimate of drug-likeness (QED) is 0.674. The molecule has 0 aromatic heterocycles. The third-order valence-electron chi connectivity index (χ3n) is 2.66.